The quantitative estimate of drug-likeness (QED) is 0.442. The number of nitrogens with two attached hydrogens (primary N) is 1. The third-order valence-electron chi connectivity index (χ3n) is 7.02. The van der Waals surface area contributed by atoms with Crippen LogP contribution in [0.3, 0.4) is 0 Å². The number of hydrogen-bond acceptors (Lipinski definition) is 6. The van der Waals surface area contributed by atoms with Crippen LogP contribution in [-0.4, -0.2) is 38.8 Å². The molecule has 0 bridgehead atoms. The molecule has 4 atom stereocenters. The van der Waals surface area contributed by atoms with Crippen LogP contribution in [0.25, 0.3) is 11.3 Å². The summed E-state index contributed by atoms with van der Waals surface area (Å²) in [5.41, 5.74) is 5.92. The van der Waals surface area contributed by atoms with E-state index < -0.39 is 52.4 Å². The fourth-order valence-electron chi connectivity index (χ4n) is 5.01. The van der Waals surface area contributed by atoms with Crippen LogP contribution in [-0.2, 0) is 6.42 Å². The lowest BCUT2D eigenvalue weighted by Crippen LogP contribution is -2.44. The predicted molar refractivity (Wildman–Crippen MR) is 132 cm³/mol. The molecule has 0 aliphatic heterocycles. The first kappa shape index (κ1) is 26.6. The van der Waals surface area contributed by atoms with Gasteiger partial charge in [0.25, 0.3) is 0 Å². The van der Waals surface area contributed by atoms with Gasteiger partial charge >= 0.3 is 0 Å². The van der Waals surface area contributed by atoms with Crippen molar-refractivity contribution in [3.05, 3.63) is 82.6 Å². The molecule has 4 rings (SSSR count). The molecule has 1 aliphatic carbocycles. The fourth-order valence-corrected chi connectivity index (χ4v) is 5.01. The summed E-state index contributed by atoms with van der Waals surface area (Å²) >= 11 is 0. The molecule has 1 aliphatic rings. The van der Waals surface area contributed by atoms with Crippen molar-refractivity contribution >= 4 is 11.6 Å². The van der Waals surface area contributed by atoms with E-state index in [1.807, 2.05) is 13.0 Å². The van der Waals surface area contributed by atoms with Crippen molar-refractivity contribution in [2.24, 2.45) is 11.7 Å². The van der Waals surface area contributed by atoms with Crippen molar-refractivity contribution in [1.82, 2.24) is 9.97 Å². The number of aromatic nitrogens is 2. The number of hydrogen-bond donors (Lipinski definition) is 2. The molecule has 6 nitrogen and oxygen atoms in total. The number of ketones is 2. The number of halogens is 3. The van der Waals surface area contributed by atoms with Crippen molar-refractivity contribution in [1.29, 1.82) is 0 Å². The summed E-state index contributed by atoms with van der Waals surface area (Å²) < 4.78 is 44.2. The maximum absolute atomic E-state index is 14.8. The second-order valence-electron chi connectivity index (χ2n) is 9.59. The second kappa shape index (κ2) is 10.9. The lowest BCUT2D eigenvalue weighted by Gasteiger charge is -2.36. The van der Waals surface area contributed by atoms with Crippen molar-refractivity contribution in [2.75, 3.05) is 0 Å². The van der Waals surface area contributed by atoms with E-state index in [0.29, 0.717) is 18.4 Å². The largest absolute Gasteiger partial charge is 0.391 e. The Balaban J connectivity index is 1.64. The Hall–Kier alpha value is -3.43. The minimum Gasteiger partial charge on any atom is -0.391 e. The summed E-state index contributed by atoms with van der Waals surface area (Å²) in [6, 6.07) is 5.21. The zero-order valence-corrected chi connectivity index (χ0v) is 20.5. The molecular formula is C28H28F3N3O3. The van der Waals surface area contributed by atoms with E-state index in [4.69, 9.17) is 5.73 Å². The fraction of sp³-hybridized carbons (Fsp3) is 0.357. The van der Waals surface area contributed by atoms with E-state index in [1.165, 1.54) is 0 Å². The molecule has 0 unspecified atom stereocenters. The van der Waals surface area contributed by atoms with Gasteiger partial charge in [0.2, 0.25) is 0 Å². The molecule has 0 spiro atoms. The van der Waals surface area contributed by atoms with Crippen molar-refractivity contribution in [3.8, 4) is 11.3 Å². The average molecular weight is 512 g/mol. The van der Waals surface area contributed by atoms with E-state index in [0.717, 1.165) is 29.8 Å². The third kappa shape index (κ3) is 5.47. The molecule has 2 aromatic heterocycles. The number of rotatable bonds is 7. The molecule has 0 radical (unpaired) electrons. The number of nitrogens with zero attached hydrogens (tertiary/aromatic N) is 2. The smallest absolute Gasteiger partial charge is 0.185 e. The summed E-state index contributed by atoms with van der Waals surface area (Å²) in [7, 11) is 0. The third-order valence-corrected chi connectivity index (χ3v) is 7.02. The molecule has 0 saturated heterocycles. The zero-order chi connectivity index (χ0) is 26.9. The Morgan fingerprint density at radius 2 is 1.76 bits per heavy atom. The Kier molecular flexibility index (Phi) is 7.85. The van der Waals surface area contributed by atoms with Crippen LogP contribution >= 0.6 is 0 Å². The lowest BCUT2D eigenvalue weighted by molar-refractivity contribution is 0.0519. The number of carbonyl (C=O) groups excluding carboxylic acids is 2. The van der Waals surface area contributed by atoms with Gasteiger partial charge in [-0.3, -0.25) is 14.6 Å². The second-order valence-corrected chi connectivity index (χ2v) is 9.59. The highest BCUT2D eigenvalue weighted by molar-refractivity contribution is 5.97. The Morgan fingerprint density at radius 1 is 1.05 bits per heavy atom. The van der Waals surface area contributed by atoms with E-state index in [1.54, 1.807) is 19.3 Å². The summed E-state index contributed by atoms with van der Waals surface area (Å²) in [6.45, 7) is 3.48. The van der Waals surface area contributed by atoms with E-state index >= 15 is 0 Å². The predicted octanol–water partition coefficient (Wildman–Crippen LogP) is 4.78. The first-order valence-corrected chi connectivity index (χ1v) is 12.2. The molecule has 3 N–H and O–H groups in total. The minimum absolute atomic E-state index is 0.0171. The zero-order valence-electron chi connectivity index (χ0n) is 20.5. The Labute approximate surface area is 212 Å². The highest BCUT2D eigenvalue weighted by Crippen LogP contribution is 2.37. The van der Waals surface area contributed by atoms with Crippen LogP contribution in [0.1, 0.15) is 71.0 Å². The topological polar surface area (TPSA) is 106 Å². The van der Waals surface area contributed by atoms with Gasteiger partial charge in [-0.25, -0.2) is 18.2 Å². The van der Waals surface area contributed by atoms with Crippen molar-refractivity contribution in [3.63, 3.8) is 0 Å². The van der Waals surface area contributed by atoms with Crippen LogP contribution in [0.2, 0.25) is 0 Å². The molecule has 1 fully saturated rings. The van der Waals surface area contributed by atoms with Gasteiger partial charge in [-0.15, -0.1) is 0 Å². The minimum atomic E-state index is -1.15. The standard InChI is InChI=1S/C28H28F3N3O3/c1-3-24(35)16-9-20(30)26(21(31)10-16)27-19(29)4-5-23(34-27)25(36)12-17-13-33-7-6-18(17)15-8-14(2)28(37)22(32)11-15/h4-7,9-10,13-15,22,28,37H,3,8,11-12,32H2,1-2H3/t14-,15+,22+,28+/m0/s1. The SMILES string of the molecule is CCC(=O)c1cc(F)c(-c2nc(C(=O)Cc3cnccc3[C@H]3C[C@@H](N)[C@H](O)[C@@H](C)C3)ccc2F)c(F)c1. The van der Waals surface area contributed by atoms with Crippen LogP contribution in [0.5, 0.6) is 0 Å². The van der Waals surface area contributed by atoms with Gasteiger partial charge in [-0.05, 0) is 66.1 Å². The van der Waals surface area contributed by atoms with Crippen LogP contribution in [0.15, 0.2) is 42.7 Å². The Morgan fingerprint density at radius 3 is 2.41 bits per heavy atom. The summed E-state index contributed by atoms with van der Waals surface area (Å²) in [5, 5.41) is 10.2. The Bertz CT molecular complexity index is 1310. The number of aliphatic hydroxyl groups is 1. The summed E-state index contributed by atoms with van der Waals surface area (Å²) in [5.74, 6) is -4.24. The van der Waals surface area contributed by atoms with Gasteiger partial charge in [0.15, 0.2) is 11.6 Å². The number of benzene rings is 1. The number of aliphatic hydroxyl groups excluding tert-OH is 1. The van der Waals surface area contributed by atoms with Crippen LogP contribution in [0.4, 0.5) is 13.2 Å². The van der Waals surface area contributed by atoms with E-state index in [2.05, 4.69) is 9.97 Å². The summed E-state index contributed by atoms with van der Waals surface area (Å²) in [4.78, 5) is 33.1. The molecule has 194 valence electrons. The van der Waals surface area contributed by atoms with Gasteiger partial charge in [0, 0.05) is 36.8 Å². The molecule has 37 heavy (non-hydrogen) atoms. The van der Waals surface area contributed by atoms with Crippen molar-refractivity contribution in [2.45, 2.75) is 57.6 Å². The van der Waals surface area contributed by atoms with E-state index in [9.17, 15) is 27.9 Å². The number of pyridine rings is 2. The number of carbonyl (C=O) groups is 2. The monoisotopic (exact) mass is 511 g/mol. The average Bonchev–Trinajstić information content (AvgIpc) is 2.87. The molecule has 3 aromatic rings. The first-order chi connectivity index (χ1) is 17.6. The lowest BCUT2D eigenvalue weighted by atomic mass is 9.74. The maximum Gasteiger partial charge on any atom is 0.185 e. The van der Waals surface area contributed by atoms with Gasteiger partial charge in [0.05, 0.1) is 11.7 Å². The molecule has 2 heterocycles. The van der Waals surface area contributed by atoms with Crippen LogP contribution < -0.4 is 5.73 Å². The molecule has 1 saturated carbocycles. The first-order valence-electron chi connectivity index (χ1n) is 12.2. The van der Waals surface area contributed by atoms with Crippen LogP contribution in [0, 0.1) is 23.4 Å². The molecular weight excluding hydrogens is 483 g/mol. The highest BCUT2D eigenvalue weighted by atomic mass is 19.1. The van der Waals surface area contributed by atoms with Gasteiger partial charge in [-0.1, -0.05) is 13.8 Å². The maximum atomic E-state index is 14.8. The van der Waals surface area contributed by atoms with Gasteiger partial charge < -0.3 is 10.8 Å². The highest BCUT2D eigenvalue weighted by Gasteiger charge is 2.34. The van der Waals surface area contributed by atoms with E-state index in [-0.39, 0.29) is 35.9 Å². The molecule has 0 amide bonds. The number of Topliss-reactive ketones (excluding diaryl/α,β-unsaturated/α-hetero) is 2. The van der Waals surface area contributed by atoms with Crippen molar-refractivity contribution < 1.29 is 27.9 Å². The van der Waals surface area contributed by atoms with Gasteiger partial charge in [-0.2, -0.15) is 0 Å². The molecule has 1 aromatic carbocycles. The normalized spacial score (nSPS) is 21.6. The van der Waals surface area contributed by atoms with Gasteiger partial charge in [0.1, 0.15) is 28.8 Å². The molecule has 9 heteroatoms. The summed E-state index contributed by atoms with van der Waals surface area (Å²) in [6.07, 6.45) is 3.77.